The van der Waals surface area contributed by atoms with Crippen molar-refractivity contribution in [2.45, 2.75) is 49.5 Å². The Bertz CT molecular complexity index is 1110. The minimum absolute atomic E-state index is 0.0488. The molecule has 9 heteroatoms. The number of hydrogen-bond donors (Lipinski definition) is 2. The minimum atomic E-state index is -3.76. The van der Waals surface area contributed by atoms with E-state index in [1.54, 1.807) is 41.3 Å². The van der Waals surface area contributed by atoms with E-state index in [2.05, 4.69) is 10.0 Å². The molecule has 182 valence electrons. The van der Waals surface area contributed by atoms with E-state index in [0.29, 0.717) is 30.1 Å². The highest BCUT2D eigenvalue weighted by Gasteiger charge is 2.30. The molecule has 0 spiro atoms. The van der Waals surface area contributed by atoms with E-state index in [0.717, 1.165) is 38.5 Å². The number of piperidine rings is 1. The van der Waals surface area contributed by atoms with Gasteiger partial charge in [-0.1, -0.05) is 12.8 Å². The molecule has 1 saturated heterocycles. The summed E-state index contributed by atoms with van der Waals surface area (Å²) in [7, 11) is -2.25. The van der Waals surface area contributed by atoms with Gasteiger partial charge in [-0.2, -0.15) is 0 Å². The van der Waals surface area contributed by atoms with Gasteiger partial charge < -0.3 is 15.0 Å². The molecule has 1 atom stereocenters. The normalized spacial score (nSPS) is 19.0. The third-order valence-electron chi connectivity index (χ3n) is 6.53. The minimum Gasteiger partial charge on any atom is -0.497 e. The van der Waals surface area contributed by atoms with E-state index >= 15 is 0 Å². The maximum Gasteiger partial charge on any atom is 0.261 e. The standard InChI is InChI=1S/C25H31N3O5S/c1-33-22-12-14-23(15-13-22)34(31,32)27-21-10-8-18(9-11-21)25(30)28-16-4-5-19(17-28)24(29)26-20-6-2-3-7-20/h8-15,19-20,27H,2-7,16-17H2,1H3,(H,26,29)/t19-/m1/s1. The monoisotopic (exact) mass is 485 g/mol. The van der Waals surface area contributed by atoms with Crippen LogP contribution in [0.25, 0.3) is 0 Å². The lowest BCUT2D eigenvalue weighted by Crippen LogP contribution is -2.47. The van der Waals surface area contributed by atoms with Crippen molar-refractivity contribution >= 4 is 27.5 Å². The molecule has 1 heterocycles. The van der Waals surface area contributed by atoms with Crippen LogP contribution in [0.1, 0.15) is 48.9 Å². The van der Waals surface area contributed by atoms with Gasteiger partial charge in [-0.05, 0) is 74.2 Å². The Kier molecular flexibility index (Phi) is 7.41. The zero-order valence-electron chi connectivity index (χ0n) is 19.3. The van der Waals surface area contributed by atoms with Crippen molar-refractivity contribution in [3.63, 3.8) is 0 Å². The summed E-state index contributed by atoms with van der Waals surface area (Å²) in [5, 5.41) is 3.15. The zero-order chi connectivity index (χ0) is 24.1. The van der Waals surface area contributed by atoms with Crippen LogP contribution in [0.5, 0.6) is 5.75 Å². The molecule has 1 saturated carbocycles. The number of carbonyl (C=O) groups is 2. The zero-order valence-corrected chi connectivity index (χ0v) is 20.1. The number of nitrogens with one attached hydrogen (secondary N) is 2. The number of rotatable bonds is 7. The van der Waals surface area contributed by atoms with Gasteiger partial charge in [0.1, 0.15) is 5.75 Å². The number of sulfonamides is 1. The molecule has 0 radical (unpaired) electrons. The molecule has 0 unspecified atom stereocenters. The number of carbonyl (C=O) groups excluding carboxylic acids is 2. The van der Waals surface area contributed by atoms with Crippen LogP contribution in [0, 0.1) is 5.92 Å². The number of anilines is 1. The van der Waals surface area contributed by atoms with Gasteiger partial charge >= 0.3 is 0 Å². The van der Waals surface area contributed by atoms with Crippen LogP contribution in [-0.4, -0.2) is 51.4 Å². The molecule has 2 fully saturated rings. The molecule has 2 aromatic carbocycles. The maximum atomic E-state index is 13.0. The van der Waals surface area contributed by atoms with E-state index in [4.69, 9.17) is 4.74 Å². The van der Waals surface area contributed by atoms with Crippen LogP contribution in [0.3, 0.4) is 0 Å². The van der Waals surface area contributed by atoms with Crippen molar-refractivity contribution in [2.24, 2.45) is 5.92 Å². The molecule has 34 heavy (non-hydrogen) atoms. The number of nitrogens with zero attached hydrogens (tertiary/aromatic N) is 1. The van der Waals surface area contributed by atoms with E-state index in [-0.39, 0.29) is 28.7 Å². The van der Waals surface area contributed by atoms with Crippen molar-refractivity contribution < 1.29 is 22.7 Å². The van der Waals surface area contributed by atoms with Gasteiger partial charge in [0.25, 0.3) is 15.9 Å². The molecule has 2 N–H and O–H groups in total. The maximum absolute atomic E-state index is 13.0. The van der Waals surface area contributed by atoms with Crippen LogP contribution in [0.4, 0.5) is 5.69 Å². The Morgan fingerprint density at radius 1 is 0.941 bits per heavy atom. The largest absolute Gasteiger partial charge is 0.497 e. The Morgan fingerprint density at radius 3 is 2.26 bits per heavy atom. The Morgan fingerprint density at radius 2 is 1.62 bits per heavy atom. The lowest BCUT2D eigenvalue weighted by molar-refractivity contribution is -0.127. The first-order valence-electron chi connectivity index (χ1n) is 11.7. The second-order valence-corrected chi connectivity index (χ2v) is 10.6. The number of hydrogen-bond acceptors (Lipinski definition) is 5. The van der Waals surface area contributed by atoms with Gasteiger partial charge in [0.05, 0.1) is 17.9 Å². The average molecular weight is 486 g/mol. The third kappa shape index (κ3) is 5.70. The third-order valence-corrected chi connectivity index (χ3v) is 7.93. The fourth-order valence-corrected chi connectivity index (χ4v) is 5.66. The number of amides is 2. The fraction of sp³-hybridized carbons (Fsp3) is 0.440. The molecule has 2 amide bonds. The van der Waals surface area contributed by atoms with E-state index in [9.17, 15) is 18.0 Å². The van der Waals surface area contributed by atoms with Crippen molar-refractivity contribution in [1.29, 1.82) is 0 Å². The molecule has 1 aliphatic carbocycles. The SMILES string of the molecule is COc1ccc(S(=O)(=O)Nc2ccc(C(=O)N3CCC[C@@H](C(=O)NC4CCCC4)C3)cc2)cc1. The summed E-state index contributed by atoms with van der Waals surface area (Å²) in [6, 6.07) is 12.7. The molecular formula is C25H31N3O5S. The van der Waals surface area contributed by atoms with Crippen LogP contribution >= 0.6 is 0 Å². The predicted molar refractivity (Wildman–Crippen MR) is 129 cm³/mol. The molecule has 0 aromatic heterocycles. The Labute approximate surface area is 200 Å². The first-order chi connectivity index (χ1) is 16.4. The molecule has 8 nitrogen and oxygen atoms in total. The average Bonchev–Trinajstić information content (AvgIpc) is 3.37. The summed E-state index contributed by atoms with van der Waals surface area (Å²) < 4.78 is 32.8. The number of ether oxygens (including phenoxy) is 1. The van der Waals surface area contributed by atoms with Gasteiger partial charge in [0.2, 0.25) is 5.91 Å². The predicted octanol–water partition coefficient (Wildman–Crippen LogP) is 3.41. The van der Waals surface area contributed by atoms with Gasteiger partial charge in [0, 0.05) is 30.4 Å². The Balaban J connectivity index is 1.36. The highest BCUT2D eigenvalue weighted by atomic mass is 32.2. The molecular weight excluding hydrogens is 454 g/mol. The topological polar surface area (TPSA) is 105 Å². The smallest absolute Gasteiger partial charge is 0.261 e. The fourth-order valence-electron chi connectivity index (χ4n) is 4.60. The van der Waals surface area contributed by atoms with E-state index in [1.165, 1.54) is 19.2 Å². The van der Waals surface area contributed by atoms with Gasteiger partial charge in [0.15, 0.2) is 0 Å². The summed E-state index contributed by atoms with van der Waals surface area (Å²) >= 11 is 0. The van der Waals surface area contributed by atoms with Gasteiger partial charge in [-0.25, -0.2) is 8.42 Å². The van der Waals surface area contributed by atoms with E-state index < -0.39 is 10.0 Å². The molecule has 2 aliphatic rings. The second-order valence-electron chi connectivity index (χ2n) is 8.94. The summed E-state index contributed by atoms with van der Waals surface area (Å²) in [4.78, 5) is 27.5. The van der Waals surface area contributed by atoms with E-state index in [1.807, 2.05) is 0 Å². The van der Waals surface area contributed by atoms with Crippen molar-refractivity contribution in [3.8, 4) is 5.75 Å². The van der Waals surface area contributed by atoms with Crippen LogP contribution in [0.15, 0.2) is 53.4 Å². The lowest BCUT2D eigenvalue weighted by Gasteiger charge is -2.32. The summed E-state index contributed by atoms with van der Waals surface area (Å²) in [6.07, 6.45) is 5.97. The molecule has 2 aromatic rings. The quantitative estimate of drug-likeness (QED) is 0.625. The van der Waals surface area contributed by atoms with Crippen molar-refractivity contribution in [3.05, 3.63) is 54.1 Å². The van der Waals surface area contributed by atoms with Gasteiger partial charge in [-0.3, -0.25) is 14.3 Å². The summed E-state index contributed by atoms with van der Waals surface area (Å²) in [6.45, 7) is 1.02. The first kappa shape index (κ1) is 24.1. The highest BCUT2D eigenvalue weighted by molar-refractivity contribution is 7.92. The second kappa shape index (κ2) is 10.5. The van der Waals surface area contributed by atoms with Crippen molar-refractivity contribution in [2.75, 3.05) is 24.9 Å². The molecule has 4 rings (SSSR count). The lowest BCUT2D eigenvalue weighted by atomic mass is 9.96. The highest BCUT2D eigenvalue weighted by Crippen LogP contribution is 2.23. The number of benzene rings is 2. The summed E-state index contributed by atoms with van der Waals surface area (Å²) in [5.74, 6) is 0.280. The number of likely N-dealkylation sites (tertiary alicyclic amines) is 1. The Hall–Kier alpha value is -3.07. The molecule has 0 bridgehead atoms. The number of methoxy groups -OCH3 is 1. The van der Waals surface area contributed by atoms with Crippen LogP contribution in [0.2, 0.25) is 0 Å². The summed E-state index contributed by atoms with van der Waals surface area (Å²) in [5.41, 5.74) is 0.823. The van der Waals surface area contributed by atoms with Crippen LogP contribution in [-0.2, 0) is 14.8 Å². The van der Waals surface area contributed by atoms with Crippen LogP contribution < -0.4 is 14.8 Å². The van der Waals surface area contributed by atoms with Crippen molar-refractivity contribution in [1.82, 2.24) is 10.2 Å². The first-order valence-corrected chi connectivity index (χ1v) is 13.2. The molecule has 1 aliphatic heterocycles. The van der Waals surface area contributed by atoms with Gasteiger partial charge in [-0.15, -0.1) is 0 Å².